The van der Waals surface area contributed by atoms with E-state index in [0.717, 1.165) is 42.9 Å². The molecule has 0 spiro atoms. The highest BCUT2D eigenvalue weighted by molar-refractivity contribution is 7.33. The molecule has 0 aliphatic carbocycles. The van der Waals surface area contributed by atoms with Gasteiger partial charge in [-0.05, 0) is 25.7 Å². The second kappa shape index (κ2) is 7.41. The van der Waals surface area contributed by atoms with Crippen molar-refractivity contribution in [2.75, 3.05) is 5.32 Å². The number of aryl methyl sites for hydroxylation is 2. The zero-order valence-corrected chi connectivity index (χ0v) is 12.4. The summed E-state index contributed by atoms with van der Waals surface area (Å²) in [6.07, 6.45) is 4.42. The molecular formula is C14H24NO2S+. The van der Waals surface area contributed by atoms with Crippen LogP contribution >= 0.6 is 10.5 Å². The first kappa shape index (κ1) is 15.0. The van der Waals surface area contributed by atoms with Crippen LogP contribution in [0.4, 0.5) is 9.80 Å². The summed E-state index contributed by atoms with van der Waals surface area (Å²) in [6.45, 7) is 6.46. The van der Waals surface area contributed by atoms with E-state index in [9.17, 15) is 4.79 Å². The number of carboxylic acid groups (broad SMARTS) is 1. The molecule has 4 heteroatoms. The number of anilines is 1. The number of nitrogens with one attached hydrogen (secondary N) is 1. The molecule has 1 amide bonds. The maximum absolute atomic E-state index is 11.0. The lowest BCUT2D eigenvalue weighted by Crippen LogP contribution is -2.08. The number of hydrogen-bond acceptors (Lipinski definition) is 1. The first-order chi connectivity index (χ1) is 8.63. The van der Waals surface area contributed by atoms with Gasteiger partial charge in [0.05, 0.1) is 0 Å². The van der Waals surface area contributed by atoms with E-state index in [1.54, 1.807) is 0 Å². The zero-order valence-electron chi connectivity index (χ0n) is 11.6. The third-order valence-electron chi connectivity index (χ3n) is 3.01. The zero-order chi connectivity index (χ0) is 13.5. The quantitative estimate of drug-likeness (QED) is 0.696. The van der Waals surface area contributed by atoms with E-state index in [1.165, 1.54) is 11.1 Å². The highest BCUT2D eigenvalue weighted by Gasteiger charge is 2.25. The van der Waals surface area contributed by atoms with Crippen molar-refractivity contribution >= 4 is 21.6 Å². The number of hydrogen-bond donors (Lipinski definition) is 2. The Kier molecular flexibility index (Phi) is 6.19. The number of unbranched alkanes of at least 4 members (excludes halogenated alkanes) is 1. The van der Waals surface area contributed by atoms with Crippen LogP contribution < -0.4 is 5.32 Å². The van der Waals surface area contributed by atoms with Gasteiger partial charge in [-0.3, -0.25) is 0 Å². The van der Waals surface area contributed by atoms with Crippen molar-refractivity contribution in [3.8, 4) is 0 Å². The summed E-state index contributed by atoms with van der Waals surface area (Å²) in [6, 6.07) is 0. The normalized spacial score (nSPS) is 11.6. The Hall–Kier alpha value is -1.03. The molecule has 3 nitrogen and oxygen atoms in total. The minimum atomic E-state index is -0.932. The lowest BCUT2D eigenvalue weighted by atomic mass is 10.0. The van der Waals surface area contributed by atoms with Gasteiger partial charge in [-0.1, -0.05) is 27.2 Å². The molecule has 0 saturated carbocycles. The van der Waals surface area contributed by atoms with Crippen molar-refractivity contribution in [2.45, 2.75) is 58.6 Å². The van der Waals surface area contributed by atoms with Gasteiger partial charge in [-0.2, -0.15) is 0 Å². The van der Waals surface area contributed by atoms with Gasteiger partial charge in [-0.25, -0.2) is 10.1 Å². The summed E-state index contributed by atoms with van der Waals surface area (Å²) in [7, 11) is -0.0235. The molecule has 0 aliphatic rings. The second-order valence-corrected chi connectivity index (χ2v) is 6.38. The van der Waals surface area contributed by atoms with Crippen molar-refractivity contribution in [3.63, 3.8) is 0 Å². The minimum absolute atomic E-state index is 0.0235. The fraction of sp³-hybridized carbons (Fsp3) is 0.643. The number of thiophene rings is 1. The molecule has 1 rings (SSSR count). The van der Waals surface area contributed by atoms with Gasteiger partial charge in [0, 0.05) is 21.6 Å². The summed E-state index contributed by atoms with van der Waals surface area (Å²) >= 11 is 0. The molecule has 2 N–H and O–H groups in total. The minimum Gasteiger partial charge on any atom is -0.465 e. The summed E-state index contributed by atoms with van der Waals surface area (Å²) in [4.78, 5) is 11.0. The van der Waals surface area contributed by atoms with Gasteiger partial charge in [-0.15, -0.1) is 0 Å². The van der Waals surface area contributed by atoms with Crippen molar-refractivity contribution in [1.29, 1.82) is 0 Å². The maximum Gasteiger partial charge on any atom is 0.412 e. The first-order valence-electron chi connectivity index (χ1n) is 6.77. The van der Waals surface area contributed by atoms with E-state index in [-0.39, 0.29) is 10.5 Å². The van der Waals surface area contributed by atoms with Gasteiger partial charge in [0.1, 0.15) is 11.1 Å². The topological polar surface area (TPSA) is 49.3 Å². The van der Waals surface area contributed by atoms with Crippen LogP contribution in [0.3, 0.4) is 0 Å². The highest BCUT2D eigenvalue weighted by atomic mass is 32.2. The first-order valence-corrected chi connectivity index (χ1v) is 8.23. The molecule has 0 saturated heterocycles. The summed E-state index contributed by atoms with van der Waals surface area (Å²) in [5, 5.41) is 14.9. The van der Waals surface area contributed by atoms with E-state index < -0.39 is 6.09 Å². The van der Waals surface area contributed by atoms with E-state index in [1.807, 2.05) is 0 Å². The van der Waals surface area contributed by atoms with Crippen LogP contribution in [-0.4, -0.2) is 11.2 Å². The van der Waals surface area contributed by atoms with E-state index in [0.29, 0.717) is 0 Å². The Bertz CT molecular complexity index is 399. The molecule has 1 heterocycles. The summed E-state index contributed by atoms with van der Waals surface area (Å²) in [5.41, 5.74) is 2.61. The van der Waals surface area contributed by atoms with E-state index >= 15 is 0 Å². The molecule has 0 fully saturated rings. The van der Waals surface area contributed by atoms with Gasteiger partial charge >= 0.3 is 6.09 Å². The predicted octanol–water partition coefficient (Wildman–Crippen LogP) is 4.84. The number of amides is 1. The monoisotopic (exact) mass is 270 g/mol. The van der Waals surface area contributed by atoms with Gasteiger partial charge in [0.15, 0.2) is 0 Å². The average Bonchev–Trinajstić information content (AvgIpc) is 2.64. The van der Waals surface area contributed by atoms with Gasteiger partial charge in [0.2, 0.25) is 0 Å². The standard InChI is InChI=1S/C14H23NO2S/c1-4-7-8-12-11(6-3)10-18(9-5-2)13(12)15-14(16)17/h10,15H,4-9H2,1-3H3/p+1. The maximum atomic E-state index is 11.0. The van der Waals surface area contributed by atoms with Crippen LogP contribution in [0.5, 0.6) is 0 Å². The Labute approximate surface area is 112 Å². The molecule has 1 aromatic rings. The third-order valence-corrected chi connectivity index (χ3v) is 5.30. The second-order valence-electron chi connectivity index (χ2n) is 4.47. The van der Waals surface area contributed by atoms with Crippen LogP contribution in [-0.2, 0) is 18.6 Å². The Balaban J connectivity index is 3.10. The fourth-order valence-corrected chi connectivity index (χ4v) is 4.45. The predicted molar refractivity (Wildman–Crippen MR) is 78.8 cm³/mol. The smallest absolute Gasteiger partial charge is 0.412 e. The molecular weight excluding hydrogens is 246 g/mol. The molecule has 0 aliphatic heterocycles. The molecule has 1 unspecified atom stereocenters. The Morgan fingerprint density at radius 1 is 1.33 bits per heavy atom. The lowest BCUT2D eigenvalue weighted by molar-refractivity contribution is 0.210. The number of rotatable bonds is 7. The molecule has 18 heavy (non-hydrogen) atoms. The van der Waals surface area contributed by atoms with Crippen LogP contribution in [0.25, 0.3) is 0 Å². The average molecular weight is 270 g/mol. The summed E-state index contributed by atoms with van der Waals surface area (Å²) < 4.78 is 0. The molecule has 1 atom stereocenters. The van der Waals surface area contributed by atoms with Gasteiger partial charge in [0.25, 0.3) is 5.00 Å². The van der Waals surface area contributed by atoms with E-state index in [2.05, 4.69) is 31.5 Å². The van der Waals surface area contributed by atoms with Crippen LogP contribution in [0.15, 0.2) is 5.38 Å². The lowest BCUT2D eigenvalue weighted by Gasteiger charge is -2.02. The fourth-order valence-electron chi connectivity index (χ4n) is 2.15. The van der Waals surface area contributed by atoms with Crippen molar-refractivity contribution in [1.82, 2.24) is 0 Å². The molecule has 1 aromatic heterocycles. The Morgan fingerprint density at radius 2 is 2.06 bits per heavy atom. The SMILES string of the molecule is CCCCc1c(CC)c[s+](CCC)c1NC(=O)O. The largest absolute Gasteiger partial charge is 0.465 e. The van der Waals surface area contributed by atoms with Gasteiger partial charge < -0.3 is 5.11 Å². The molecule has 0 radical (unpaired) electrons. The van der Waals surface area contributed by atoms with E-state index in [4.69, 9.17) is 5.11 Å². The molecule has 0 bridgehead atoms. The molecule has 102 valence electrons. The van der Waals surface area contributed by atoms with Crippen LogP contribution in [0, 0.1) is 0 Å². The summed E-state index contributed by atoms with van der Waals surface area (Å²) in [5.74, 6) is 1.05. The number of carbonyl (C=O) groups is 1. The van der Waals surface area contributed by atoms with Crippen LogP contribution in [0.2, 0.25) is 0 Å². The van der Waals surface area contributed by atoms with Crippen LogP contribution in [0.1, 0.15) is 51.2 Å². The third kappa shape index (κ3) is 3.73. The van der Waals surface area contributed by atoms with Crippen molar-refractivity contribution in [2.24, 2.45) is 0 Å². The van der Waals surface area contributed by atoms with Crippen molar-refractivity contribution < 1.29 is 9.90 Å². The highest BCUT2D eigenvalue weighted by Crippen LogP contribution is 2.40. The van der Waals surface area contributed by atoms with Crippen molar-refractivity contribution in [3.05, 3.63) is 16.5 Å². The molecule has 0 aromatic carbocycles. The Morgan fingerprint density at radius 3 is 2.56 bits per heavy atom.